The van der Waals surface area contributed by atoms with E-state index in [2.05, 4.69) is 11.5 Å². The van der Waals surface area contributed by atoms with Gasteiger partial charge in [-0.2, -0.15) is 0 Å². The second-order valence-corrected chi connectivity index (χ2v) is 4.25. The van der Waals surface area contributed by atoms with Gasteiger partial charge >= 0.3 is 0 Å². The molecule has 2 fully saturated rings. The lowest BCUT2D eigenvalue weighted by Gasteiger charge is -2.28. The first kappa shape index (κ1) is 9.19. The number of hydrogen-bond donors (Lipinski definition) is 1. The summed E-state index contributed by atoms with van der Waals surface area (Å²) >= 11 is 0. The van der Waals surface area contributed by atoms with Gasteiger partial charge in [0.15, 0.2) is 0 Å². The van der Waals surface area contributed by atoms with Crippen molar-refractivity contribution in [2.45, 2.75) is 24.5 Å². The van der Waals surface area contributed by atoms with Gasteiger partial charge in [-0.25, -0.2) is 0 Å². The fourth-order valence-electron chi connectivity index (χ4n) is 2.64. The number of methoxy groups -OCH3 is 1. The summed E-state index contributed by atoms with van der Waals surface area (Å²) in [5, 5.41) is 9.42. The van der Waals surface area contributed by atoms with Gasteiger partial charge in [0.2, 0.25) is 0 Å². The molecule has 74 valence electrons. The Labute approximate surface area is 79.0 Å². The molecule has 0 spiro atoms. The van der Waals surface area contributed by atoms with Crippen LogP contribution in [-0.4, -0.2) is 48.5 Å². The molecule has 3 heteroatoms. The average molecular weight is 183 g/mol. The van der Waals surface area contributed by atoms with Crippen LogP contribution in [0.5, 0.6) is 0 Å². The Balaban J connectivity index is 2.15. The summed E-state index contributed by atoms with van der Waals surface area (Å²) in [6.07, 6.45) is 2.17. The summed E-state index contributed by atoms with van der Waals surface area (Å²) in [5.74, 6) is 0. The molecule has 0 aromatic rings. The minimum atomic E-state index is -0.0439. The number of nitrogens with zero attached hydrogens (tertiary/aromatic N) is 1. The Hall–Kier alpha value is -0.380. The molecule has 0 saturated carbocycles. The van der Waals surface area contributed by atoms with Gasteiger partial charge in [-0.15, -0.1) is 0 Å². The van der Waals surface area contributed by atoms with E-state index < -0.39 is 0 Å². The van der Waals surface area contributed by atoms with Gasteiger partial charge in [-0.1, -0.05) is 12.2 Å². The maximum Gasteiger partial charge on any atom is 0.0717 e. The third kappa shape index (κ3) is 1.31. The minimum absolute atomic E-state index is 0.0439. The zero-order chi connectivity index (χ0) is 9.47. The Kier molecular flexibility index (Phi) is 2.18. The van der Waals surface area contributed by atoms with Gasteiger partial charge in [-0.3, -0.25) is 4.90 Å². The second-order valence-electron chi connectivity index (χ2n) is 4.25. The minimum Gasteiger partial charge on any atom is -0.394 e. The van der Waals surface area contributed by atoms with Crippen LogP contribution < -0.4 is 0 Å². The van der Waals surface area contributed by atoms with Crippen LogP contribution in [0.3, 0.4) is 0 Å². The SMILES string of the molecule is C=C1CN2C[C@H](OC)C[C@@]2(CO)C1. The highest BCUT2D eigenvalue weighted by atomic mass is 16.5. The molecule has 0 unspecified atom stereocenters. The largest absolute Gasteiger partial charge is 0.394 e. The third-order valence-electron chi connectivity index (χ3n) is 3.32. The molecule has 2 aliphatic rings. The molecule has 2 saturated heterocycles. The molecule has 1 N–H and O–H groups in total. The van der Waals surface area contributed by atoms with Crippen LogP contribution in [0.15, 0.2) is 12.2 Å². The Morgan fingerprint density at radius 1 is 1.77 bits per heavy atom. The van der Waals surface area contributed by atoms with Crippen LogP contribution in [0, 0.1) is 0 Å². The first-order valence-electron chi connectivity index (χ1n) is 4.75. The van der Waals surface area contributed by atoms with E-state index in [1.807, 2.05) is 0 Å². The second kappa shape index (κ2) is 3.08. The van der Waals surface area contributed by atoms with Gasteiger partial charge in [0.25, 0.3) is 0 Å². The smallest absolute Gasteiger partial charge is 0.0717 e. The molecule has 0 bridgehead atoms. The molecular formula is C10H17NO2. The average Bonchev–Trinajstić information content (AvgIpc) is 2.57. The number of aliphatic hydroxyl groups excluding tert-OH is 1. The van der Waals surface area contributed by atoms with Crippen molar-refractivity contribution in [3.05, 3.63) is 12.2 Å². The third-order valence-corrected chi connectivity index (χ3v) is 3.32. The lowest BCUT2D eigenvalue weighted by atomic mass is 9.93. The molecule has 0 amide bonds. The van der Waals surface area contributed by atoms with E-state index in [9.17, 15) is 5.11 Å². The molecule has 2 heterocycles. The molecule has 2 rings (SSSR count). The van der Waals surface area contributed by atoms with Crippen LogP contribution in [0.4, 0.5) is 0 Å². The quantitative estimate of drug-likeness (QED) is 0.629. The van der Waals surface area contributed by atoms with Crippen molar-refractivity contribution in [3.8, 4) is 0 Å². The topological polar surface area (TPSA) is 32.7 Å². The number of aliphatic hydroxyl groups is 1. The number of ether oxygens (including phenoxy) is 1. The molecule has 0 aromatic heterocycles. The van der Waals surface area contributed by atoms with Crippen molar-refractivity contribution in [3.63, 3.8) is 0 Å². The normalized spacial score (nSPS) is 39.8. The van der Waals surface area contributed by atoms with E-state index in [1.54, 1.807) is 7.11 Å². The molecule has 3 nitrogen and oxygen atoms in total. The summed E-state index contributed by atoms with van der Waals surface area (Å²) in [6, 6.07) is 0. The summed E-state index contributed by atoms with van der Waals surface area (Å²) < 4.78 is 5.33. The Morgan fingerprint density at radius 2 is 2.54 bits per heavy atom. The first-order chi connectivity index (χ1) is 6.20. The van der Waals surface area contributed by atoms with Crippen LogP contribution in [0.1, 0.15) is 12.8 Å². The zero-order valence-corrected chi connectivity index (χ0v) is 8.12. The predicted octanol–water partition coefficient (Wildman–Crippen LogP) is 0.398. The molecule has 13 heavy (non-hydrogen) atoms. The Bertz CT molecular complexity index is 229. The molecule has 0 aromatic carbocycles. The fourth-order valence-corrected chi connectivity index (χ4v) is 2.64. The Morgan fingerprint density at radius 3 is 3.08 bits per heavy atom. The van der Waals surface area contributed by atoms with Crippen molar-refractivity contribution in [1.82, 2.24) is 4.90 Å². The highest BCUT2D eigenvalue weighted by Gasteiger charge is 2.49. The van der Waals surface area contributed by atoms with Gasteiger partial charge in [0, 0.05) is 20.2 Å². The van der Waals surface area contributed by atoms with Gasteiger partial charge < -0.3 is 9.84 Å². The van der Waals surface area contributed by atoms with Crippen LogP contribution in [0.2, 0.25) is 0 Å². The van der Waals surface area contributed by atoms with Crippen molar-refractivity contribution in [2.24, 2.45) is 0 Å². The molecule has 2 atom stereocenters. The summed E-state index contributed by atoms with van der Waals surface area (Å²) in [5.41, 5.74) is 1.20. The van der Waals surface area contributed by atoms with Crippen LogP contribution >= 0.6 is 0 Å². The highest BCUT2D eigenvalue weighted by molar-refractivity contribution is 5.18. The maximum absolute atomic E-state index is 9.42. The molecule has 2 aliphatic heterocycles. The molecular weight excluding hydrogens is 166 g/mol. The number of rotatable bonds is 2. The van der Waals surface area contributed by atoms with Gasteiger partial charge in [0.05, 0.1) is 18.2 Å². The van der Waals surface area contributed by atoms with E-state index >= 15 is 0 Å². The van der Waals surface area contributed by atoms with Crippen LogP contribution in [0.25, 0.3) is 0 Å². The standard InChI is InChI=1S/C10H17NO2/c1-8-3-10(7-12)4-9(13-2)6-11(10)5-8/h9,12H,1,3-7H2,2H3/t9-,10-/m1/s1. The lowest BCUT2D eigenvalue weighted by molar-refractivity contribution is 0.0951. The van der Waals surface area contributed by atoms with Crippen molar-refractivity contribution >= 4 is 0 Å². The fraction of sp³-hybridized carbons (Fsp3) is 0.800. The van der Waals surface area contributed by atoms with Crippen LogP contribution in [-0.2, 0) is 4.74 Å². The van der Waals surface area contributed by atoms with E-state index in [0.29, 0.717) is 6.10 Å². The van der Waals surface area contributed by atoms with Crippen molar-refractivity contribution in [1.29, 1.82) is 0 Å². The lowest BCUT2D eigenvalue weighted by Crippen LogP contribution is -2.41. The number of fused-ring (bicyclic) bond motifs is 1. The monoisotopic (exact) mass is 183 g/mol. The molecule has 0 radical (unpaired) electrons. The molecule has 0 aliphatic carbocycles. The summed E-state index contributed by atoms with van der Waals surface area (Å²) in [6.45, 7) is 6.09. The van der Waals surface area contributed by atoms with Crippen molar-refractivity contribution < 1.29 is 9.84 Å². The predicted molar refractivity (Wildman–Crippen MR) is 50.6 cm³/mol. The van der Waals surface area contributed by atoms with Gasteiger partial charge in [0.1, 0.15) is 0 Å². The maximum atomic E-state index is 9.42. The van der Waals surface area contributed by atoms with E-state index in [4.69, 9.17) is 4.74 Å². The summed E-state index contributed by atoms with van der Waals surface area (Å²) in [4.78, 5) is 2.31. The first-order valence-corrected chi connectivity index (χ1v) is 4.75. The van der Waals surface area contributed by atoms with E-state index in [-0.39, 0.29) is 12.1 Å². The van der Waals surface area contributed by atoms with E-state index in [0.717, 1.165) is 25.9 Å². The number of hydrogen-bond acceptors (Lipinski definition) is 3. The van der Waals surface area contributed by atoms with E-state index in [1.165, 1.54) is 5.57 Å². The van der Waals surface area contributed by atoms with Crippen molar-refractivity contribution in [2.75, 3.05) is 26.8 Å². The zero-order valence-electron chi connectivity index (χ0n) is 8.12. The van der Waals surface area contributed by atoms with Gasteiger partial charge in [-0.05, 0) is 12.8 Å². The highest BCUT2D eigenvalue weighted by Crippen LogP contribution is 2.41. The summed E-state index contributed by atoms with van der Waals surface area (Å²) in [7, 11) is 1.74.